The fourth-order valence-electron chi connectivity index (χ4n) is 2.48. The number of hydrogen-bond donors (Lipinski definition) is 2. The number of hydrogen-bond acceptors (Lipinski definition) is 5. The number of nitrogens with one attached hydrogen (secondary N) is 2. The summed E-state index contributed by atoms with van der Waals surface area (Å²) < 4.78 is 1.54. The molecule has 1 aliphatic heterocycles. The first-order valence-electron chi connectivity index (χ1n) is 7.56. The molecule has 26 heavy (non-hydrogen) atoms. The molecule has 9 heteroatoms. The molecule has 1 aromatic carbocycles. The molecule has 7 nitrogen and oxygen atoms in total. The molecule has 0 bridgehead atoms. The zero-order valence-electron chi connectivity index (χ0n) is 13.5. The van der Waals surface area contributed by atoms with Crippen LogP contribution in [0.4, 0.5) is 0 Å². The van der Waals surface area contributed by atoms with E-state index in [2.05, 4.69) is 15.7 Å². The van der Waals surface area contributed by atoms with Crippen molar-refractivity contribution in [3.8, 4) is 5.69 Å². The molecule has 0 aliphatic carbocycles. The highest BCUT2D eigenvalue weighted by atomic mass is 35.5. The first-order chi connectivity index (χ1) is 12.4. The van der Waals surface area contributed by atoms with Crippen molar-refractivity contribution in [2.45, 2.75) is 6.92 Å². The highest BCUT2D eigenvalue weighted by Gasteiger charge is 2.37. The van der Waals surface area contributed by atoms with E-state index in [1.807, 2.05) is 30.3 Å². The van der Waals surface area contributed by atoms with Gasteiger partial charge >= 0.3 is 0 Å². The molecule has 3 rings (SSSR count). The summed E-state index contributed by atoms with van der Waals surface area (Å²) in [7, 11) is 0. The van der Waals surface area contributed by atoms with Gasteiger partial charge in [-0.15, -0.1) is 0 Å². The van der Waals surface area contributed by atoms with Gasteiger partial charge in [0.1, 0.15) is 5.15 Å². The van der Waals surface area contributed by atoms with Crippen LogP contribution in [-0.4, -0.2) is 32.5 Å². The molecule has 2 amide bonds. The van der Waals surface area contributed by atoms with E-state index < -0.39 is 23.5 Å². The Balaban J connectivity index is 1.86. The predicted octanol–water partition coefficient (Wildman–Crippen LogP) is 1.56. The minimum Gasteiger partial charge on any atom is -0.302 e. The summed E-state index contributed by atoms with van der Waals surface area (Å²) in [5, 5.41) is 9.06. The second-order valence-corrected chi connectivity index (χ2v) is 6.28. The van der Waals surface area contributed by atoms with Gasteiger partial charge in [0, 0.05) is 5.56 Å². The van der Waals surface area contributed by atoms with E-state index in [1.165, 1.54) is 6.08 Å². The number of thiocarbonyl (C=S) groups is 1. The fourth-order valence-corrected chi connectivity index (χ4v) is 3.02. The topological polar surface area (TPSA) is 93.1 Å². The molecule has 2 N–H and O–H groups in total. The van der Waals surface area contributed by atoms with E-state index >= 15 is 0 Å². The number of benzene rings is 1. The molecular weight excluding hydrogens is 376 g/mol. The van der Waals surface area contributed by atoms with Crippen LogP contribution < -0.4 is 10.6 Å². The third-order valence-corrected chi connectivity index (χ3v) is 4.31. The van der Waals surface area contributed by atoms with Gasteiger partial charge in [0.15, 0.2) is 16.8 Å². The second kappa shape index (κ2) is 7.19. The Morgan fingerprint density at radius 1 is 1.23 bits per heavy atom. The Morgan fingerprint density at radius 3 is 2.46 bits per heavy atom. The van der Waals surface area contributed by atoms with Crippen LogP contribution in [-0.2, 0) is 14.4 Å². The third kappa shape index (κ3) is 3.42. The zero-order chi connectivity index (χ0) is 18.8. The molecule has 1 fully saturated rings. The molecule has 0 radical (unpaired) electrons. The maximum Gasteiger partial charge on any atom is 0.246 e. The molecule has 2 aromatic rings. The quantitative estimate of drug-likeness (QED) is 0.471. The summed E-state index contributed by atoms with van der Waals surface area (Å²) in [5.41, 5.74) is 1.89. The molecule has 0 saturated carbocycles. The monoisotopic (exact) mass is 388 g/mol. The van der Waals surface area contributed by atoms with Crippen molar-refractivity contribution in [2.24, 2.45) is 5.92 Å². The Labute approximate surface area is 159 Å². The molecule has 1 saturated heterocycles. The van der Waals surface area contributed by atoms with Gasteiger partial charge in [-0.1, -0.05) is 29.8 Å². The van der Waals surface area contributed by atoms with Crippen molar-refractivity contribution in [2.75, 3.05) is 0 Å². The van der Waals surface area contributed by atoms with Gasteiger partial charge in [0.05, 0.1) is 11.4 Å². The number of rotatable bonds is 4. The first kappa shape index (κ1) is 18.0. The maximum absolute atomic E-state index is 12.3. The van der Waals surface area contributed by atoms with Gasteiger partial charge in [-0.2, -0.15) is 5.10 Å². The lowest BCUT2D eigenvalue weighted by atomic mass is 10.00. The summed E-state index contributed by atoms with van der Waals surface area (Å²) in [5.74, 6) is -3.67. The molecule has 132 valence electrons. The number of aryl methyl sites for hydroxylation is 1. The van der Waals surface area contributed by atoms with Gasteiger partial charge < -0.3 is 10.6 Å². The van der Waals surface area contributed by atoms with E-state index in [9.17, 15) is 14.4 Å². The van der Waals surface area contributed by atoms with Crippen LogP contribution in [0.2, 0.25) is 5.15 Å². The second-order valence-electron chi connectivity index (χ2n) is 5.51. The van der Waals surface area contributed by atoms with Crippen molar-refractivity contribution < 1.29 is 14.4 Å². The summed E-state index contributed by atoms with van der Waals surface area (Å²) in [4.78, 5) is 35.9. The van der Waals surface area contributed by atoms with E-state index in [1.54, 1.807) is 11.6 Å². The summed E-state index contributed by atoms with van der Waals surface area (Å²) in [6.07, 6.45) is 2.59. The lowest BCUT2D eigenvalue weighted by Gasteiger charge is -2.20. The number of amides is 2. The van der Waals surface area contributed by atoms with Crippen LogP contribution in [0.5, 0.6) is 0 Å². The van der Waals surface area contributed by atoms with Crippen LogP contribution in [0.3, 0.4) is 0 Å². The standard InChI is InChI=1S/C17H13ClN4O3S/c1-9-11(14(18)22(21-9)10-5-3-2-4-6-10)7-8-12(23)13-15(24)19-17(26)20-16(13)25/h2-8,13H,1H3,(H2,19,20,24,25,26)/b8-7+. The average molecular weight is 389 g/mol. The highest BCUT2D eigenvalue weighted by Crippen LogP contribution is 2.24. The smallest absolute Gasteiger partial charge is 0.246 e. The van der Waals surface area contributed by atoms with Gasteiger partial charge in [-0.25, -0.2) is 4.68 Å². The van der Waals surface area contributed by atoms with Crippen LogP contribution in [0.1, 0.15) is 11.3 Å². The van der Waals surface area contributed by atoms with E-state index in [-0.39, 0.29) is 5.11 Å². The lowest BCUT2D eigenvalue weighted by molar-refractivity contribution is -0.140. The number of ketones is 1. The number of carbonyl (C=O) groups excluding carboxylic acids is 3. The molecule has 1 aromatic heterocycles. The summed E-state index contributed by atoms with van der Waals surface area (Å²) in [6.45, 7) is 1.74. The Morgan fingerprint density at radius 2 is 1.85 bits per heavy atom. The maximum atomic E-state index is 12.3. The Hall–Kier alpha value is -2.84. The minimum absolute atomic E-state index is 0.115. The van der Waals surface area contributed by atoms with Crippen molar-refractivity contribution >= 4 is 52.6 Å². The minimum atomic E-state index is -1.49. The highest BCUT2D eigenvalue weighted by molar-refractivity contribution is 7.80. The van der Waals surface area contributed by atoms with Crippen LogP contribution in [0.15, 0.2) is 36.4 Å². The molecular formula is C17H13ClN4O3S. The SMILES string of the molecule is Cc1nn(-c2ccccc2)c(Cl)c1/C=C/C(=O)C1C(=O)NC(=S)NC1=O. The Kier molecular flexibility index (Phi) is 4.97. The molecule has 1 aliphatic rings. The van der Waals surface area contributed by atoms with Gasteiger partial charge in [-0.05, 0) is 43.4 Å². The largest absolute Gasteiger partial charge is 0.302 e. The number of allylic oxidation sites excluding steroid dienone is 1. The molecule has 0 spiro atoms. The van der Waals surface area contributed by atoms with E-state index in [0.29, 0.717) is 16.4 Å². The lowest BCUT2D eigenvalue weighted by Crippen LogP contribution is -2.57. The summed E-state index contributed by atoms with van der Waals surface area (Å²) >= 11 is 11.1. The van der Waals surface area contributed by atoms with Crippen LogP contribution >= 0.6 is 23.8 Å². The van der Waals surface area contributed by atoms with E-state index in [4.69, 9.17) is 23.8 Å². The Bertz CT molecular complexity index is 932. The van der Waals surface area contributed by atoms with Crippen molar-refractivity contribution in [1.29, 1.82) is 0 Å². The molecule has 2 heterocycles. The average Bonchev–Trinajstić information content (AvgIpc) is 2.87. The van der Waals surface area contributed by atoms with Crippen molar-refractivity contribution in [3.05, 3.63) is 52.8 Å². The van der Waals surface area contributed by atoms with Gasteiger partial charge in [-0.3, -0.25) is 14.4 Å². The van der Waals surface area contributed by atoms with Gasteiger partial charge in [0.2, 0.25) is 11.8 Å². The summed E-state index contributed by atoms with van der Waals surface area (Å²) in [6, 6.07) is 9.27. The number of carbonyl (C=O) groups is 3. The number of nitrogens with zero attached hydrogens (tertiary/aromatic N) is 2. The van der Waals surface area contributed by atoms with E-state index in [0.717, 1.165) is 11.8 Å². The number of aromatic nitrogens is 2. The van der Waals surface area contributed by atoms with Crippen LogP contribution in [0, 0.1) is 12.8 Å². The first-order valence-corrected chi connectivity index (χ1v) is 8.35. The number of para-hydroxylation sites is 1. The molecule has 0 atom stereocenters. The third-order valence-electron chi connectivity index (χ3n) is 3.75. The zero-order valence-corrected chi connectivity index (χ0v) is 15.1. The van der Waals surface area contributed by atoms with Crippen molar-refractivity contribution in [3.63, 3.8) is 0 Å². The predicted molar refractivity (Wildman–Crippen MR) is 99.7 cm³/mol. The van der Waals surface area contributed by atoms with Crippen LogP contribution in [0.25, 0.3) is 11.8 Å². The fraction of sp³-hybridized carbons (Fsp3) is 0.118. The van der Waals surface area contributed by atoms with Crippen molar-refractivity contribution in [1.82, 2.24) is 20.4 Å². The normalized spacial score (nSPS) is 15.2. The van der Waals surface area contributed by atoms with Gasteiger partial charge in [0.25, 0.3) is 0 Å². The molecule has 0 unspecified atom stereocenters. The number of halogens is 1.